The second kappa shape index (κ2) is 6.16. The summed E-state index contributed by atoms with van der Waals surface area (Å²) in [5.41, 5.74) is 1.87. The molecule has 0 atom stereocenters. The molecule has 0 saturated carbocycles. The minimum atomic E-state index is 0. The van der Waals surface area contributed by atoms with Crippen molar-refractivity contribution in [3.8, 4) is 5.75 Å². The van der Waals surface area contributed by atoms with Crippen LogP contribution in [0, 0.1) is 0 Å². The van der Waals surface area contributed by atoms with E-state index in [-0.39, 0.29) is 57.1 Å². The van der Waals surface area contributed by atoms with Crippen LogP contribution in [0.2, 0.25) is 0 Å². The van der Waals surface area contributed by atoms with Crippen molar-refractivity contribution in [1.29, 1.82) is 0 Å². The molecule has 2 heteroatoms. The normalized spacial score (nSPS) is 9.17. The molecular weight excluding hydrogens is 175 g/mol. The molecule has 0 aliphatic rings. The van der Waals surface area contributed by atoms with E-state index in [0.29, 0.717) is 0 Å². The Hall–Kier alpha value is 0.656. The van der Waals surface area contributed by atoms with Gasteiger partial charge < -0.3 is 5.11 Å². The molecule has 0 saturated heterocycles. The number of aryl methyl sites for hydroxylation is 2. The molecule has 0 aromatic heterocycles. The van der Waals surface area contributed by atoms with Crippen LogP contribution in [0.1, 0.15) is 25.0 Å². The zero-order valence-corrected chi connectivity index (χ0v) is 11.2. The Morgan fingerprint density at radius 1 is 1.08 bits per heavy atom. The zero-order chi connectivity index (χ0) is 8.27. The summed E-state index contributed by atoms with van der Waals surface area (Å²) in [6, 6.07) is 5.77. The summed E-state index contributed by atoms with van der Waals surface area (Å²) in [4.78, 5) is 0. The van der Waals surface area contributed by atoms with Gasteiger partial charge in [-0.05, 0) is 12.8 Å². The third-order valence-electron chi connectivity index (χ3n) is 1.94. The third kappa shape index (κ3) is 2.85. The summed E-state index contributed by atoms with van der Waals surface area (Å²) in [6.07, 6.45) is 1.68. The molecule has 0 amide bonds. The standard InChI is InChI=1S/C10H14O.K/c1-3-8-6-5-7-9(4-2)10(8)11;/h5-7,11H,3-4H2,1-2H3;/q;+1/p-1. The van der Waals surface area contributed by atoms with Gasteiger partial charge in [-0.2, -0.15) is 0 Å². The van der Waals surface area contributed by atoms with Crippen molar-refractivity contribution in [1.82, 2.24) is 0 Å². The molecule has 0 spiro atoms. The molecule has 0 N–H and O–H groups in total. The molecule has 0 bridgehead atoms. The van der Waals surface area contributed by atoms with Crippen molar-refractivity contribution in [2.45, 2.75) is 26.7 Å². The number of para-hydroxylation sites is 1. The molecule has 1 nitrogen and oxygen atoms in total. The van der Waals surface area contributed by atoms with E-state index in [0.717, 1.165) is 24.0 Å². The van der Waals surface area contributed by atoms with Gasteiger partial charge in [-0.3, -0.25) is 0 Å². The molecule has 0 aliphatic heterocycles. The van der Waals surface area contributed by atoms with E-state index in [9.17, 15) is 5.11 Å². The van der Waals surface area contributed by atoms with Gasteiger partial charge in [0, 0.05) is 0 Å². The van der Waals surface area contributed by atoms with Crippen LogP contribution in [0.25, 0.3) is 0 Å². The van der Waals surface area contributed by atoms with E-state index in [1.165, 1.54) is 0 Å². The Morgan fingerprint density at radius 3 is 1.83 bits per heavy atom. The van der Waals surface area contributed by atoms with Gasteiger partial charge in [0.05, 0.1) is 0 Å². The van der Waals surface area contributed by atoms with Crippen molar-refractivity contribution < 1.29 is 56.5 Å². The van der Waals surface area contributed by atoms with E-state index >= 15 is 0 Å². The summed E-state index contributed by atoms with van der Waals surface area (Å²) in [6.45, 7) is 4.02. The third-order valence-corrected chi connectivity index (χ3v) is 1.94. The molecule has 0 unspecified atom stereocenters. The maximum atomic E-state index is 11.4. The second-order valence-corrected chi connectivity index (χ2v) is 2.61. The second-order valence-electron chi connectivity index (χ2n) is 2.61. The molecule has 0 radical (unpaired) electrons. The minimum Gasteiger partial charge on any atom is -0.872 e. The number of hydrogen-bond donors (Lipinski definition) is 0. The Labute approximate surface area is 117 Å². The molecule has 0 aliphatic carbocycles. The van der Waals surface area contributed by atoms with E-state index in [1.807, 2.05) is 32.0 Å². The van der Waals surface area contributed by atoms with Crippen LogP contribution >= 0.6 is 0 Å². The molecule has 1 aromatic carbocycles. The van der Waals surface area contributed by atoms with Gasteiger partial charge in [0.2, 0.25) is 0 Å². The molecule has 0 fully saturated rings. The van der Waals surface area contributed by atoms with Crippen molar-refractivity contribution in [3.63, 3.8) is 0 Å². The summed E-state index contributed by atoms with van der Waals surface area (Å²) >= 11 is 0. The quantitative estimate of drug-likeness (QED) is 0.540. The van der Waals surface area contributed by atoms with Crippen LogP contribution in [-0.4, -0.2) is 0 Å². The zero-order valence-electron chi connectivity index (χ0n) is 8.05. The van der Waals surface area contributed by atoms with Crippen LogP contribution < -0.4 is 56.5 Å². The molecule has 1 rings (SSSR count). The van der Waals surface area contributed by atoms with Gasteiger partial charge in [-0.15, -0.1) is 5.75 Å². The Kier molecular flexibility index (Phi) is 6.50. The maximum Gasteiger partial charge on any atom is 1.00 e. The summed E-state index contributed by atoms with van der Waals surface area (Å²) < 4.78 is 0. The summed E-state index contributed by atoms with van der Waals surface area (Å²) in [7, 11) is 0. The SMILES string of the molecule is CCc1cccc(CC)c1[O-].[K+]. The van der Waals surface area contributed by atoms with Gasteiger partial charge in [0.1, 0.15) is 0 Å². The van der Waals surface area contributed by atoms with E-state index in [4.69, 9.17) is 0 Å². The van der Waals surface area contributed by atoms with Gasteiger partial charge in [-0.1, -0.05) is 43.2 Å². The van der Waals surface area contributed by atoms with Crippen molar-refractivity contribution >= 4 is 0 Å². The fourth-order valence-electron chi connectivity index (χ4n) is 1.19. The Morgan fingerprint density at radius 2 is 1.50 bits per heavy atom. The van der Waals surface area contributed by atoms with Gasteiger partial charge >= 0.3 is 51.4 Å². The minimum absolute atomic E-state index is 0. The first kappa shape index (κ1) is 12.7. The van der Waals surface area contributed by atoms with Crippen LogP contribution in [-0.2, 0) is 12.8 Å². The average molecular weight is 188 g/mol. The van der Waals surface area contributed by atoms with Crippen molar-refractivity contribution in [3.05, 3.63) is 29.3 Å². The first-order chi connectivity index (χ1) is 5.29. The van der Waals surface area contributed by atoms with Crippen LogP contribution in [0.5, 0.6) is 5.75 Å². The first-order valence-electron chi connectivity index (χ1n) is 4.07. The van der Waals surface area contributed by atoms with Crippen molar-refractivity contribution in [2.75, 3.05) is 0 Å². The fraction of sp³-hybridized carbons (Fsp3) is 0.400. The van der Waals surface area contributed by atoms with Crippen LogP contribution in [0.3, 0.4) is 0 Å². The first-order valence-corrected chi connectivity index (χ1v) is 4.07. The fourth-order valence-corrected chi connectivity index (χ4v) is 1.19. The maximum absolute atomic E-state index is 11.4. The molecule has 60 valence electrons. The number of benzene rings is 1. The summed E-state index contributed by atoms with van der Waals surface area (Å²) in [5, 5.41) is 11.4. The van der Waals surface area contributed by atoms with E-state index in [1.54, 1.807) is 0 Å². The summed E-state index contributed by atoms with van der Waals surface area (Å²) in [5.74, 6) is 0.234. The average Bonchev–Trinajstić information content (AvgIpc) is 2.05. The predicted octanol–water partition coefficient (Wildman–Crippen LogP) is -1.11. The Balaban J connectivity index is 0.00000121. The molecule has 1 aromatic rings. The smallest absolute Gasteiger partial charge is 0.872 e. The molecule has 0 heterocycles. The van der Waals surface area contributed by atoms with E-state index < -0.39 is 0 Å². The monoisotopic (exact) mass is 188 g/mol. The molecule has 12 heavy (non-hydrogen) atoms. The molecular formula is C10H13KO. The van der Waals surface area contributed by atoms with E-state index in [2.05, 4.69) is 0 Å². The largest absolute Gasteiger partial charge is 1.00 e. The number of hydrogen-bond acceptors (Lipinski definition) is 1. The topological polar surface area (TPSA) is 23.1 Å². The van der Waals surface area contributed by atoms with Crippen LogP contribution in [0.4, 0.5) is 0 Å². The van der Waals surface area contributed by atoms with Gasteiger partial charge in [0.25, 0.3) is 0 Å². The van der Waals surface area contributed by atoms with Crippen molar-refractivity contribution in [2.24, 2.45) is 0 Å². The Bertz CT molecular complexity index is 223. The predicted molar refractivity (Wildman–Crippen MR) is 44.6 cm³/mol. The van der Waals surface area contributed by atoms with Gasteiger partial charge in [-0.25, -0.2) is 0 Å². The number of rotatable bonds is 2. The van der Waals surface area contributed by atoms with Crippen LogP contribution in [0.15, 0.2) is 18.2 Å². The van der Waals surface area contributed by atoms with Gasteiger partial charge in [0.15, 0.2) is 0 Å².